The summed E-state index contributed by atoms with van der Waals surface area (Å²) in [5.41, 5.74) is 1.24. The van der Waals surface area contributed by atoms with Crippen molar-refractivity contribution in [2.45, 2.75) is 0 Å². The minimum Gasteiger partial charge on any atom is -0.455 e. The Labute approximate surface area is 154 Å². The van der Waals surface area contributed by atoms with Crippen LogP contribution in [0.3, 0.4) is 0 Å². The number of nitro benzene ring substituents is 1. The molecular weight excluding hydrogens is 368 g/mol. The lowest BCUT2D eigenvalue weighted by Crippen LogP contribution is -1.99. The Morgan fingerprint density at radius 2 is 1.86 bits per heavy atom. The Morgan fingerprint density at radius 1 is 1.00 bits per heavy atom. The zero-order chi connectivity index (χ0) is 19.3. The van der Waals surface area contributed by atoms with E-state index in [2.05, 4.69) is 19.9 Å². The maximum atomic E-state index is 11.5. The van der Waals surface area contributed by atoms with Gasteiger partial charge in [-0.05, 0) is 40.6 Å². The summed E-state index contributed by atoms with van der Waals surface area (Å²) in [6.45, 7) is 0. The first kappa shape index (κ1) is 15.9. The highest BCUT2D eigenvalue weighted by Crippen LogP contribution is 2.34. The monoisotopic (exact) mass is 376 g/mol. The van der Waals surface area contributed by atoms with Crippen molar-refractivity contribution >= 4 is 27.8 Å². The van der Waals surface area contributed by atoms with Gasteiger partial charge in [-0.2, -0.15) is 0 Å². The minimum atomic E-state index is -0.577. The molecule has 0 unspecified atom stereocenters. The van der Waals surface area contributed by atoms with E-state index in [1.807, 2.05) is 0 Å². The molecular formula is C18H8N4O6. The molecule has 0 N–H and O–H groups in total. The van der Waals surface area contributed by atoms with E-state index in [0.29, 0.717) is 28.3 Å². The second-order valence-corrected chi connectivity index (χ2v) is 5.88. The van der Waals surface area contributed by atoms with Crippen LogP contribution in [-0.2, 0) is 0 Å². The fourth-order valence-electron chi connectivity index (χ4n) is 2.84. The molecule has 0 saturated heterocycles. The van der Waals surface area contributed by atoms with Gasteiger partial charge in [-0.15, -0.1) is 0 Å². The molecule has 2 aromatic carbocycles. The number of hydrogen-bond donors (Lipinski definition) is 0. The summed E-state index contributed by atoms with van der Waals surface area (Å²) < 4.78 is 16.2. The van der Waals surface area contributed by atoms with E-state index in [-0.39, 0.29) is 27.9 Å². The highest BCUT2D eigenvalue weighted by Gasteiger charge is 2.21. The molecule has 10 heteroatoms. The zero-order valence-electron chi connectivity index (χ0n) is 13.9. The van der Waals surface area contributed by atoms with E-state index in [9.17, 15) is 14.9 Å². The molecule has 0 saturated carbocycles. The van der Waals surface area contributed by atoms with Gasteiger partial charge in [0.1, 0.15) is 17.0 Å². The van der Waals surface area contributed by atoms with Crippen LogP contribution in [0.2, 0.25) is 0 Å². The molecule has 3 aromatic rings. The molecule has 5 rings (SSSR count). The molecule has 1 aliphatic heterocycles. The largest absolute Gasteiger partial charge is 0.455 e. The molecule has 28 heavy (non-hydrogen) atoms. The fraction of sp³-hybridized carbons (Fsp3) is 0. The van der Waals surface area contributed by atoms with Gasteiger partial charge in [0, 0.05) is 18.2 Å². The van der Waals surface area contributed by atoms with Crippen LogP contribution in [0.15, 0.2) is 62.4 Å². The predicted octanol–water partition coefficient (Wildman–Crippen LogP) is 3.53. The number of rotatable bonds is 3. The van der Waals surface area contributed by atoms with Crippen LogP contribution in [0.5, 0.6) is 11.5 Å². The third kappa shape index (κ3) is 2.51. The van der Waals surface area contributed by atoms with Gasteiger partial charge in [-0.25, -0.2) is 9.61 Å². The maximum absolute atomic E-state index is 11.5. The number of ether oxygens (including phenoxy) is 1. The van der Waals surface area contributed by atoms with Crippen molar-refractivity contribution in [1.29, 1.82) is 0 Å². The van der Waals surface area contributed by atoms with E-state index in [1.165, 1.54) is 24.3 Å². The van der Waals surface area contributed by atoms with Gasteiger partial charge in [0.15, 0.2) is 28.0 Å². The molecule has 0 spiro atoms. The Hall–Kier alpha value is -4.34. The smallest absolute Gasteiger partial charge is 0.301 e. The highest BCUT2D eigenvalue weighted by atomic mass is 16.6. The minimum absolute atomic E-state index is 0.0105. The molecule has 0 bridgehead atoms. The summed E-state index contributed by atoms with van der Waals surface area (Å²) in [5, 5.41) is 18.3. The second-order valence-electron chi connectivity index (χ2n) is 5.88. The van der Waals surface area contributed by atoms with Crippen LogP contribution in [0.25, 0.3) is 33.6 Å². The van der Waals surface area contributed by atoms with Crippen molar-refractivity contribution in [3.05, 3.63) is 68.9 Å². The van der Waals surface area contributed by atoms with Crippen LogP contribution in [0.1, 0.15) is 0 Å². The van der Waals surface area contributed by atoms with Gasteiger partial charge in [-0.1, -0.05) is 0 Å². The SMILES string of the molecule is O=c1ccc2nc3ccc(Oc4ccc([N+](=O)[O-])c5nonc45)cc3oc-2c1. The van der Waals surface area contributed by atoms with Gasteiger partial charge in [0.25, 0.3) is 0 Å². The van der Waals surface area contributed by atoms with E-state index in [0.717, 1.165) is 0 Å². The third-order valence-corrected chi connectivity index (χ3v) is 4.10. The normalized spacial score (nSPS) is 11.3. The summed E-state index contributed by atoms with van der Waals surface area (Å²) in [4.78, 5) is 26.5. The quantitative estimate of drug-likeness (QED) is 0.263. The lowest BCUT2D eigenvalue weighted by atomic mass is 10.2. The highest BCUT2D eigenvalue weighted by molar-refractivity contribution is 5.88. The molecule has 2 heterocycles. The average Bonchev–Trinajstić information content (AvgIpc) is 3.16. The van der Waals surface area contributed by atoms with Gasteiger partial charge < -0.3 is 9.15 Å². The molecule has 2 aliphatic rings. The lowest BCUT2D eigenvalue weighted by molar-refractivity contribution is -0.383. The first-order valence-corrected chi connectivity index (χ1v) is 8.01. The van der Waals surface area contributed by atoms with Gasteiger partial charge in [0.05, 0.1) is 4.92 Å². The van der Waals surface area contributed by atoms with E-state index in [4.69, 9.17) is 9.15 Å². The predicted molar refractivity (Wildman–Crippen MR) is 95.4 cm³/mol. The molecule has 0 atom stereocenters. The number of aromatic nitrogens is 3. The third-order valence-electron chi connectivity index (χ3n) is 4.10. The summed E-state index contributed by atoms with van der Waals surface area (Å²) >= 11 is 0. The van der Waals surface area contributed by atoms with Crippen molar-refractivity contribution in [2.75, 3.05) is 0 Å². The van der Waals surface area contributed by atoms with Crippen LogP contribution < -0.4 is 10.2 Å². The summed E-state index contributed by atoms with van der Waals surface area (Å²) in [6, 6.07) is 12.0. The van der Waals surface area contributed by atoms with Gasteiger partial charge in [0.2, 0.25) is 5.52 Å². The van der Waals surface area contributed by atoms with Crippen LogP contribution >= 0.6 is 0 Å². The number of benzene rings is 3. The first-order chi connectivity index (χ1) is 13.6. The first-order valence-electron chi connectivity index (χ1n) is 8.01. The summed E-state index contributed by atoms with van der Waals surface area (Å²) in [5.74, 6) is 0.973. The fourth-order valence-corrected chi connectivity index (χ4v) is 2.84. The number of nitrogens with zero attached hydrogens (tertiary/aromatic N) is 4. The zero-order valence-corrected chi connectivity index (χ0v) is 13.9. The topological polar surface area (TPSA) is 134 Å². The average molecular weight is 376 g/mol. The van der Waals surface area contributed by atoms with Crippen molar-refractivity contribution in [3.8, 4) is 23.0 Å². The summed E-state index contributed by atoms with van der Waals surface area (Å²) in [7, 11) is 0. The number of hydrogen-bond acceptors (Lipinski definition) is 9. The maximum Gasteiger partial charge on any atom is 0.301 e. The van der Waals surface area contributed by atoms with Crippen molar-refractivity contribution in [1.82, 2.24) is 15.3 Å². The Morgan fingerprint density at radius 3 is 2.71 bits per heavy atom. The van der Waals surface area contributed by atoms with Gasteiger partial charge in [-0.3, -0.25) is 14.9 Å². The molecule has 0 amide bonds. The van der Waals surface area contributed by atoms with E-state index in [1.54, 1.807) is 24.3 Å². The Bertz CT molecular complexity index is 1410. The molecule has 0 fully saturated rings. The molecule has 10 nitrogen and oxygen atoms in total. The van der Waals surface area contributed by atoms with Crippen molar-refractivity contribution < 1.29 is 18.7 Å². The lowest BCUT2D eigenvalue weighted by Gasteiger charge is -2.08. The Balaban J connectivity index is 1.60. The molecule has 136 valence electrons. The number of fused-ring (bicyclic) bond motifs is 3. The number of nitro groups is 1. The molecule has 1 aliphatic carbocycles. The molecule has 1 aromatic heterocycles. The van der Waals surface area contributed by atoms with Crippen LogP contribution in [0, 0.1) is 10.1 Å². The van der Waals surface area contributed by atoms with E-state index < -0.39 is 4.92 Å². The van der Waals surface area contributed by atoms with Crippen LogP contribution in [0.4, 0.5) is 5.69 Å². The second kappa shape index (κ2) is 5.84. The van der Waals surface area contributed by atoms with Gasteiger partial charge >= 0.3 is 5.69 Å². The van der Waals surface area contributed by atoms with Crippen molar-refractivity contribution in [3.63, 3.8) is 0 Å². The van der Waals surface area contributed by atoms with Crippen LogP contribution in [-0.4, -0.2) is 20.2 Å². The summed E-state index contributed by atoms with van der Waals surface area (Å²) in [6.07, 6.45) is 0. The van der Waals surface area contributed by atoms with E-state index >= 15 is 0 Å². The standard InChI is InChI=1S/C18H8N4O6/c23-9-1-3-11-15(7-9)27-16-8-10(2-4-12(16)19-11)26-14-6-5-13(22(24)25)17-18(14)21-28-20-17/h1-8H. The molecule has 0 radical (unpaired) electrons. The number of non-ortho nitro benzene ring substituents is 1. The van der Waals surface area contributed by atoms with Crippen molar-refractivity contribution in [2.24, 2.45) is 0 Å². The Kier molecular flexibility index (Phi) is 3.31.